The zero-order chi connectivity index (χ0) is 18.2. The molecular weight excluding hydrogens is 451 g/mol. The van der Waals surface area contributed by atoms with Crippen LogP contribution in [0.4, 0.5) is 0 Å². The first-order valence-electron chi connectivity index (χ1n) is 9.19. The van der Waals surface area contributed by atoms with Crippen molar-refractivity contribution in [3.8, 4) is 0 Å². The van der Waals surface area contributed by atoms with Crippen molar-refractivity contribution in [1.29, 1.82) is 0 Å². The molecule has 0 heterocycles. The molecule has 1 rings (SSSR count). The van der Waals surface area contributed by atoms with Crippen LogP contribution in [0.2, 0.25) is 0 Å². The molecule has 0 aromatic rings. The SMILES string of the molecule is CCCC1CCC(NC(=NCC(C)(C)NS(C)(=O)=O)NCC)CC1.I. The van der Waals surface area contributed by atoms with Crippen LogP contribution in [-0.4, -0.2) is 45.3 Å². The Kier molecular flexibility index (Phi) is 11.5. The highest BCUT2D eigenvalue weighted by Crippen LogP contribution is 2.27. The van der Waals surface area contributed by atoms with Crippen LogP contribution in [-0.2, 0) is 10.0 Å². The molecule has 0 amide bonds. The summed E-state index contributed by atoms with van der Waals surface area (Å²) in [5.74, 6) is 1.66. The van der Waals surface area contributed by atoms with Gasteiger partial charge in [0, 0.05) is 18.1 Å². The second kappa shape index (κ2) is 11.6. The smallest absolute Gasteiger partial charge is 0.209 e. The summed E-state index contributed by atoms with van der Waals surface area (Å²) >= 11 is 0. The number of aliphatic imine (C=N–C) groups is 1. The van der Waals surface area contributed by atoms with Crippen LogP contribution >= 0.6 is 24.0 Å². The first kappa shape index (κ1) is 24.9. The highest BCUT2D eigenvalue weighted by molar-refractivity contribution is 14.0. The predicted octanol–water partition coefficient (Wildman–Crippen LogP) is 2.85. The van der Waals surface area contributed by atoms with E-state index in [0.29, 0.717) is 12.6 Å². The third kappa shape index (κ3) is 11.3. The summed E-state index contributed by atoms with van der Waals surface area (Å²) in [6.07, 6.45) is 8.72. The number of nitrogens with one attached hydrogen (secondary N) is 3. The highest BCUT2D eigenvalue weighted by Gasteiger charge is 2.23. The highest BCUT2D eigenvalue weighted by atomic mass is 127. The molecule has 0 spiro atoms. The van der Waals surface area contributed by atoms with Crippen molar-refractivity contribution in [3.05, 3.63) is 0 Å². The molecule has 0 saturated heterocycles. The fourth-order valence-electron chi connectivity index (χ4n) is 3.33. The average molecular weight is 488 g/mol. The van der Waals surface area contributed by atoms with Crippen LogP contribution in [0.1, 0.15) is 66.2 Å². The van der Waals surface area contributed by atoms with E-state index >= 15 is 0 Å². The van der Waals surface area contributed by atoms with Crippen molar-refractivity contribution < 1.29 is 8.42 Å². The maximum absolute atomic E-state index is 11.4. The summed E-state index contributed by atoms with van der Waals surface area (Å²) < 4.78 is 25.5. The lowest BCUT2D eigenvalue weighted by Gasteiger charge is -2.30. The third-order valence-electron chi connectivity index (χ3n) is 4.32. The fraction of sp³-hybridized carbons (Fsp3) is 0.941. The molecule has 0 aliphatic heterocycles. The van der Waals surface area contributed by atoms with E-state index in [-0.39, 0.29) is 24.0 Å². The fourth-order valence-corrected chi connectivity index (χ4v) is 4.40. The lowest BCUT2D eigenvalue weighted by molar-refractivity contribution is 0.294. The Hall–Kier alpha value is -0.0900. The molecule has 1 aliphatic carbocycles. The monoisotopic (exact) mass is 488 g/mol. The van der Waals surface area contributed by atoms with E-state index in [9.17, 15) is 8.42 Å². The van der Waals surface area contributed by atoms with Gasteiger partial charge in [-0.3, -0.25) is 4.99 Å². The maximum atomic E-state index is 11.4. The maximum Gasteiger partial charge on any atom is 0.209 e. The Morgan fingerprint density at radius 3 is 2.24 bits per heavy atom. The van der Waals surface area contributed by atoms with Gasteiger partial charge in [-0.1, -0.05) is 19.8 Å². The molecule has 0 radical (unpaired) electrons. The van der Waals surface area contributed by atoms with Crippen LogP contribution in [0.3, 0.4) is 0 Å². The molecule has 0 atom stereocenters. The number of nitrogens with zero attached hydrogens (tertiary/aromatic N) is 1. The second-order valence-corrected chi connectivity index (χ2v) is 9.35. The van der Waals surface area contributed by atoms with Gasteiger partial charge in [-0.2, -0.15) is 0 Å². The third-order valence-corrected chi connectivity index (χ3v) is 5.25. The van der Waals surface area contributed by atoms with Gasteiger partial charge in [-0.15, -0.1) is 24.0 Å². The minimum absolute atomic E-state index is 0. The number of sulfonamides is 1. The molecule has 3 N–H and O–H groups in total. The van der Waals surface area contributed by atoms with Crippen molar-refractivity contribution in [2.24, 2.45) is 10.9 Å². The Labute approximate surface area is 171 Å². The second-order valence-electron chi connectivity index (χ2n) is 7.60. The topological polar surface area (TPSA) is 82.6 Å². The summed E-state index contributed by atoms with van der Waals surface area (Å²) in [5, 5.41) is 6.78. The van der Waals surface area contributed by atoms with Gasteiger partial charge >= 0.3 is 0 Å². The lowest BCUT2D eigenvalue weighted by Crippen LogP contribution is -2.48. The van der Waals surface area contributed by atoms with Crippen LogP contribution in [0, 0.1) is 5.92 Å². The van der Waals surface area contributed by atoms with Gasteiger partial charge in [0.25, 0.3) is 0 Å². The van der Waals surface area contributed by atoms with Gasteiger partial charge in [-0.05, 0) is 52.4 Å². The number of rotatable bonds is 8. The summed E-state index contributed by atoms with van der Waals surface area (Å²) in [4.78, 5) is 4.59. The lowest BCUT2D eigenvalue weighted by atomic mass is 9.83. The molecule has 1 saturated carbocycles. The minimum atomic E-state index is -3.24. The molecule has 0 aromatic carbocycles. The minimum Gasteiger partial charge on any atom is -0.357 e. The van der Waals surface area contributed by atoms with Crippen LogP contribution in [0.5, 0.6) is 0 Å². The number of guanidine groups is 1. The number of hydrogen-bond acceptors (Lipinski definition) is 3. The first-order valence-corrected chi connectivity index (χ1v) is 11.1. The molecule has 1 aliphatic rings. The van der Waals surface area contributed by atoms with Crippen LogP contribution < -0.4 is 15.4 Å². The van der Waals surface area contributed by atoms with Gasteiger partial charge in [0.05, 0.1) is 12.8 Å². The van der Waals surface area contributed by atoms with Crippen molar-refractivity contribution >= 4 is 40.0 Å². The van der Waals surface area contributed by atoms with Gasteiger partial charge in [0.2, 0.25) is 10.0 Å². The van der Waals surface area contributed by atoms with E-state index in [4.69, 9.17) is 0 Å². The average Bonchev–Trinajstić information content (AvgIpc) is 2.45. The van der Waals surface area contributed by atoms with Crippen molar-refractivity contribution in [1.82, 2.24) is 15.4 Å². The molecule has 25 heavy (non-hydrogen) atoms. The van der Waals surface area contributed by atoms with Crippen LogP contribution in [0.15, 0.2) is 4.99 Å². The molecule has 0 unspecified atom stereocenters. The molecule has 0 bridgehead atoms. The van der Waals surface area contributed by atoms with Gasteiger partial charge in [0.15, 0.2) is 5.96 Å². The van der Waals surface area contributed by atoms with Crippen molar-refractivity contribution in [2.75, 3.05) is 19.3 Å². The molecule has 1 fully saturated rings. The largest absolute Gasteiger partial charge is 0.357 e. The molecular formula is C17H37IN4O2S. The van der Waals surface area contributed by atoms with Gasteiger partial charge in [-0.25, -0.2) is 13.1 Å². The zero-order valence-electron chi connectivity index (χ0n) is 16.4. The normalized spacial score (nSPS) is 22.2. The Morgan fingerprint density at radius 2 is 1.76 bits per heavy atom. The standard InChI is InChI=1S/C17H36N4O2S.HI/c1-6-8-14-9-11-15(12-10-14)20-16(18-7-2)19-13-17(3,4)21-24(5,22)23;/h14-15,21H,6-13H2,1-5H3,(H2,18,19,20);1H. The predicted molar refractivity (Wildman–Crippen MR) is 117 cm³/mol. The summed E-state index contributed by atoms with van der Waals surface area (Å²) in [6.45, 7) is 9.16. The van der Waals surface area contributed by atoms with Crippen molar-refractivity contribution in [3.63, 3.8) is 0 Å². The van der Waals surface area contributed by atoms with E-state index < -0.39 is 15.6 Å². The van der Waals surface area contributed by atoms with E-state index in [1.54, 1.807) is 0 Å². The van der Waals surface area contributed by atoms with Gasteiger partial charge < -0.3 is 10.6 Å². The molecule has 6 nitrogen and oxygen atoms in total. The van der Waals surface area contributed by atoms with E-state index in [1.165, 1.54) is 44.8 Å². The summed E-state index contributed by atoms with van der Waals surface area (Å²) in [6, 6.07) is 0.460. The molecule has 150 valence electrons. The van der Waals surface area contributed by atoms with E-state index in [2.05, 4.69) is 27.3 Å². The summed E-state index contributed by atoms with van der Waals surface area (Å²) in [7, 11) is -3.24. The molecule has 8 heteroatoms. The Morgan fingerprint density at radius 1 is 1.16 bits per heavy atom. The molecule has 0 aromatic heterocycles. The van der Waals surface area contributed by atoms with Gasteiger partial charge in [0.1, 0.15) is 0 Å². The Balaban J connectivity index is 0.00000576. The quantitative estimate of drug-likeness (QED) is 0.279. The number of halogens is 1. The van der Waals surface area contributed by atoms with E-state index in [0.717, 1.165) is 18.4 Å². The zero-order valence-corrected chi connectivity index (χ0v) is 19.5. The van der Waals surface area contributed by atoms with Crippen LogP contribution in [0.25, 0.3) is 0 Å². The summed E-state index contributed by atoms with van der Waals surface area (Å²) in [5.41, 5.74) is -0.602. The Bertz CT molecular complexity index is 501. The van der Waals surface area contributed by atoms with E-state index in [1.807, 2.05) is 20.8 Å². The first-order chi connectivity index (χ1) is 11.1. The number of hydrogen-bond donors (Lipinski definition) is 3. The van der Waals surface area contributed by atoms with Crippen molar-refractivity contribution in [2.45, 2.75) is 77.8 Å².